The zero-order chi connectivity index (χ0) is 11.7. The Morgan fingerprint density at radius 1 is 1.29 bits per heavy atom. The minimum Gasteiger partial charge on any atom is -0.497 e. The molecule has 2 aliphatic rings. The Labute approximate surface area is 103 Å². The van der Waals surface area contributed by atoms with E-state index in [2.05, 4.69) is 28.4 Å². The van der Waals surface area contributed by atoms with Crippen LogP contribution < -0.4 is 10.1 Å². The van der Waals surface area contributed by atoms with Gasteiger partial charge in [0.25, 0.3) is 0 Å². The molecule has 2 fully saturated rings. The predicted octanol–water partition coefficient (Wildman–Crippen LogP) is 1.35. The number of hydrogen-bond donors (Lipinski definition) is 1. The van der Waals surface area contributed by atoms with Gasteiger partial charge in [0.05, 0.1) is 7.11 Å². The van der Waals surface area contributed by atoms with Crippen LogP contribution in [0.2, 0.25) is 0 Å². The van der Waals surface area contributed by atoms with Gasteiger partial charge in [-0.15, -0.1) is 0 Å². The number of nitrogens with zero attached hydrogens (tertiary/aromatic N) is 1. The van der Waals surface area contributed by atoms with Crippen LogP contribution in [0, 0.1) is 11.8 Å². The molecule has 0 saturated carbocycles. The van der Waals surface area contributed by atoms with E-state index in [0.717, 1.165) is 24.1 Å². The highest BCUT2D eigenvalue weighted by atomic mass is 16.5. The summed E-state index contributed by atoms with van der Waals surface area (Å²) in [6.45, 7) is 5.96. The van der Waals surface area contributed by atoms with Crippen LogP contribution in [-0.4, -0.2) is 38.2 Å². The van der Waals surface area contributed by atoms with Gasteiger partial charge in [0.15, 0.2) is 0 Å². The topological polar surface area (TPSA) is 24.5 Å². The van der Waals surface area contributed by atoms with Gasteiger partial charge in [-0.3, -0.25) is 4.90 Å². The van der Waals surface area contributed by atoms with Gasteiger partial charge in [-0.2, -0.15) is 0 Å². The van der Waals surface area contributed by atoms with E-state index >= 15 is 0 Å². The van der Waals surface area contributed by atoms with Crippen LogP contribution in [0.3, 0.4) is 0 Å². The van der Waals surface area contributed by atoms with Crippen LogP contribution in [-0.2, 0) is 6.54 Å². The fraction of sp³-hybridized carbons (Fsp3) is 0.571. The average Bonchev–Trinajstić information content (AvgIpc) is 2.90. The Morgan fingerprint density at radius 3 is 2.76 bits per heavy atom. The molecule has 2 aliphatic heterocycles. The maximum Gasteiger partial charge on any atom is 0.119 e. The van der Waals surface area contributed by atoms with Crippen molar-refractivity contribution < 1.29 is 4.74 Å². The highest BCUT2D eigenvalue weighted by Crippen LogP contribution is 2.27. The molecule has 2 saturated heterocycles. The first-order valence-corrected chi connectivity index (χ1v) is 6.41. The van der Waals surface area contributed by atoms with Crippen molar-refractivity contribution in [2.24, 2.45) is 11.8 Å². The summed E-state index contributed by atoms with van der Waals surface area (Å²) in [5, 5.41) is 3.48. The molecule has 3 heteroatoms. The van der Waals surface area contributed by atoms with Gasteiger partial charge in [-0.25, -0.2) is 0 Å². The van der Waals surface area contributed by atoms with Crippen molar-refractivity contribution in [3.63, 3.8) is 0 Å². The second kappa shape index (κ2) is 4.67. The van der Waals surface area contributed by atoms with Crippen LogP contribution >= 0.6 is 0 Å². The van der Waals surface area contributed by atoms with E-state index < -0.39 is 0 Å². The van der Waals surface area contributed by atoms with E-state index in [4.69, 9.17) is 4.74 Å². The standard InChI is InChI=1S/C14H20N2O/c1-17-14-4-2-3-11(5-14)8-16-9-12-6-15-7-13(12)10-16/h2-5,12-13,15H,6-10H2,1H3. The lowest BCUT2D eigenvalue weighted by molar-refractivity contribution is 0.305. The van der Waals surface area contributed by atoms with E-state index in [1.807, 2.05) is 6.07 Å². The first-order chi connectivity index (χ1) is 8.35. The number of hydrogen-bond acceptors (Lipinski definition) is 3. The third-order valence-electron chi connectivity index (χ3n) is 4.01. The molecule has 92 valence electrons. The van der Waals surface area contributed by atoms with Gasteiger partial charge in [0.2, 0.25) is 0 Å². The normalized spacial score (nSPS) is 28.3. The van der Waals surface area contributed by atoms with Crippen molar-refractivity contribution in [2.45, 2.75) is 6.54 Å². The fourth-order valence-electron chi connectivity index (χ4n) is 3.11. The van der Waals surface area contributed by atoms with Crippen molar-refractivity contribution in [2.75, 3.05) is 33.3 Å². The Bertz CT molecular complexity index is 382. The number of methoxy groups -OCH3 is 1. The summed E-state index contributed by atoms with van der Waals surface area (Å²) < 4.78 is 5.27. The predicted molar refractivity (Wildman–Crippen MR) is 68.1 cm³/mol. The Balaban J connectivity index is 1.63. The summed E-state index contributed by atoms with van der Waals surface area (Å²) in [6.07, 6.45) is 0. The van der Waals surface area contributed by atoms with E-state index in [9.17, 15) is 0 Å². The maximum absolute atomic E-state index is 5.27. The SMILES string of the molecule is COc1cccc(CN2CC3CNCC3C2)c1. The third kappa shape index (κ3) is 2.31. The van der Waals surface area contributed by atoms with Crippen molar-refractivity contribution in [3.8, 4) is 5.75 Å². The van der Waals surface area contributed by atoms with E-state index in [1.54, 1.807) is 7.11 Å². The second-order valence-electron chi connectivity index (χ2n) is 5.22. The summed E-state index contributed by atoms with van der Waals surface area (Å²) in [6, 6.07) is 8.42. The third-order valence-corrected chi connectivity index (χ3v) is 4.01. The number of nitrogens with one attached hydrogen (secondary N) is 1. The highest BCUT2D eigenvalue weighted by Gasteiger charge is 2.35. The minimum atomic E-state index is 0.876. The van der Waals surface area contributed by atoms with E-state index in [1.165, 1.54) is 31.7 Å². The van der Waals surface area contributed by atoms with Crippen LogP contribution in [0.5, 0.6) is 5.75 Å². The van der Waals surface area contributed by atoms with Gasteiger partial charge in [0, 0.05) is 19.6 Å². The van der Waals surface area contributed by atoms with Gasteiger partial charge in [-0.05, 0) is 42.6 Å². The zero-order valence-electron chi connectivity index (χ0n) is 10.4. The molecule has 0 bridgehead atoms. The lowest BCUT2D eigenvalue weighted by Crippen LogP contribution is -2.25. The Kier molecular flexibility index (Phi) is 3.04. The van der Waals surface area contributed by atoms with Crippen molar-refractivity contribution in [3.05, 3.63) is 29.8 Å². The number of fused-ring (bicyclic) bond motifs is 1. The first kappa shape index (κ1) is 11.1. The number of ether oxygens (including phenoxy) is 1. The maximum atomic E-state index is 5.27. The van der Waals surface area contributed by atoms with E-state index in [-0.39, 0.29) is 0 Å². The van der Waals surface area contributed by atoms with Gasteiger partial charge in [-0.1, -0.05) is 12.1 Å². The molecule has 3 nitrogen and oxygen atoms in total. The van der Waals surface area contributed by atoms with Crippen LogP contribution in [0.1, 0.15) is 5.56 Å². The molecule has 2 heterocycles. The molecular weight excluding hydrogens is 212 g/mol. The number of likely N-dealkylation sites (tertiary alicyclic amines) is 1. The van der Waals surface area contributed by atoms with Gasteiger partial charge >= 0.3 is 0 Å². The largest absolute Gasteiger partial charge is 0.497 e. The number of benzene rings is 1. The molecule has 0 spiro atoms. The van der Waals surface area contributed by atoms with E-state index in [0.29, 0.717) is 0 Å². The van der Waals surface area contributed by atoms with Crippen molar-refractivity contribution in [1.82, 2.24) is 10.2 Å². The Hall–Kier alpha value is -1.06. The van der Waals surface area contributed by atoms with Crippen LogP contribution in [0.25, 0.3) is 0 Å². The minimum absolute atomic E-state index is 0.876. The smallest absolute Gasteiger partial charge is 0.119 e. The first-order valence-electron chi connectivity index (χ1n) is 6.41. The summed E-state index contributed by atoms with van der Waals surface area (Å²) in [5.74, 6) is 2.71. The summed E-state index contributed by atoms with van der Waals surface area (Å²) >= 11 is 0. The molecule has 1 aromatic carbocycles. The lowest BCUT2D eigenvalue weighted by Gasteiger charge is -2.17. The summed E-state index contributed by atoms with van der Waals surface area (Å²) in [7, 11) is 1.73. The van der Waals surface area contributed by atoms with Crippen LogP contribution in [0.15, 0.2) is 24.3 Å². The molecule has 0 aliphatic carbocycles. The molecule has 17 heavy (non-hydrogen) atoms. The monoisotopic (exact) mass is 232 g/mol. The molecule has 1 N–H and O–H groups in total. The van der Waals surface area contributed by atoms with Crippen LogP contribution in [0.4, 0.5) is 0 Å². The molecule has 2 unspecified atom stereocenters. The van der Waals surface area contributed by atoms with Crippen molar-refractivity contribution >= 4 is 0 Å². The fourth-order valence-corrected chi connectivity index (χ4v) is 3.11. The molecule has 3 rings (SSSR count). The van der Waals surface area contributed by atoms with Gasteiger partial charge in [0.1, 0.15) is 5.75 Å². The Morgan fingerprint density at radius 2 is 2.06 bits per heavy atom. The quantitative estimate of drug-likeness (QED) is 0.851. The highest BCUT2D eigenvalue weighted by molar-refractivity contribution is 5.28. The average molecular weight is 232 g/mol. The summed E-state index contributed by atoms with van der Waals surface area (Å²) in [5.41, 5.74) is 1.36. The molecule has 1 aromatic rings. The second-order valence-corrected chi connectivity index (χ2v) is 5.22. The number of rotatable bonds is 3. The zero-order valence-corrected chi connectivity index (χ0v) is 10.4. The molecule has 0 aromatic heterocycles. The molecular formula is C14H20N2O. The molecule has 0 amide bonds. The molecule has 0 radical (unpaired) electrons. The lowest BCUT2D eigenvalue weighted by atomic mass is 10.0. The van der Waals surface area contributed by atoms with Gasteiger partial charge < -0.3 is 10.1 Å². The summed E-state index contributed by atoms with van der Waals surface area (Å²) in [4.78, 5) is 2.57. The molecule has 2 atom stereocenters. The van der Waals surface area contributed by atoms with Crippen molar-refractivity contribution in [1.29, 1.82) is 0 Å².